The molecule has 0 heterocycles. The Labute approximate surface area is 406 Å². The van der Waals surface area contributed by atoms with E-state index in [9.17, 15) is 14.3 Å². The van der Waals surface area contributed by atoms with Gasteiger partial charge in [-0.05, 0) is 12.8 Å². The van der Waals surface area contributed by atoms with Crippen molar-refractivity contribution in [3.8, 4) is 0 Å². The van der Waals surface area contributed by atoms with Crippen molar-refractivity contribution in [2.24, 2.45) is 0 Å². The first-order valence-corrected chi connectivity index (χ1v) is 30.3. The number of hydrogen-bond acceptors (Lipinski definition) is 6. The van der Waals surface area contributed by atoms with Crippen LogP contribution in [0.1, 0.15) is 296 Å². The van der Waals surface area contributed by atoms with Gasteiger partial charge in [-0.2, -0.15) is 0 Å². The zero-order chi connectivity index (χ0) is 47.6. The largest absolute Gasteiger partial charge is 0.472 e. The van der Waals surface area contributed by atoms with Gasteiger partial charge in [-0.25, -0.2) is 4.57 Å². The highest BCUT2D eigenvalue weighted by atomic mass is 31.2. The number of quaternary nitrogens is 1. The van der Waals surface area contributed by atoms with Gasteiger partial charge in [0.15, 0.2) is 0 Å². The number of esters is 1. The molecule has 0 saturated heterocycles. The van der Waals surface area contributed by atoms with E-state index in [0.717, 1.165) is 32.1 Å². The number of rotatable bonds is 55. The summed E-state index contributed by atoms with van der Waals surface area (Å²) in [4.78, 5) is 23.0. The van der Waals surface area contributed by atoms with Crippen LogP contribution >= 0.6 is 7.82 Å². The molecule has 0 aliphatic rings. The van der Waals surface area contributed by atoms with Crippen molar-refractivity contribution < 1.29 is 37.3 Å². The van der Waals surface area contributed by atoms with Gasteiger partial charge >= 0.3 is 13.8 Å². The first-order valence-electron chi connectivity index (χ1n) is 28.8. The van der Waals surface area contributed by atoms with Crippen LogP contribution in [0.4, 0.5) is 0 Å². The third-order valence-corrected chi connectivity index (χ3v) is 14.2. The molecule has 0 aliphatic carbocycles. The molecular formula is C56H115NO7P+. The topological polar surface area (TPSA) is 91.3 Å². The average Bonchev–Trinajstić information content (AvgIpc) is 3.27. The van der Waals surface area contributed by atoms with Gasteiger partial charge in [0, 0.05) is 13.0 Å². The normalized spacial score (nSPS) is 13.4. The molecule has 1 unspecified atom stereocenters. The van der Waals surface area contributed by atoms with Gasteiger partial charge in [0.1, 0.15) is 19.3 Å². The number of unbranched alkanes of at least 4 members (excludes halogenated alkanes) is 41. The van der Waals surface area contributed by atoms with Gasteiger partial charge in [-0.1, -0.05) is 277 Å². The second kappa shape index (κ2) is 49.9. The number of ether oxygens (including phenoxy) is 2. The van der Waals surface area contributed by atoms with E-state index < -0.39 is 13.9 Å². The van der Waals surface area contributed by atoms with Crippen molar-refractivity contribution in [1.82, 2.24) is 0 Å². The van der Waals surface area contributed by atoms with Crippen LogP contribution in [0, 0.1) is 0 Å². The number of hydrogen-bond donors (Lipinski definition) is 1. The standard InChI is InChI=1S/C56H114NO7P/c1-6-8-10-12-14-16-18-20-22-23-24-25-26-27-28-29-30-31-32-33-34-35-36-37-39-41-43-45-47-49-56(58)64-55(54-63-65(59,60)62-52-50-57(3,4)5)53-61-51-48-46-44-42-40-38-21-19-17-15-13-11-9-7-2/h55H,6-54H2,1-5H3/p+1/t55-/m1/s1. The van der Waals surface area contributed by atoms with Crippen LogP contribution < -0.4 is 0 Å². The Hall–Kier alpha value is -0.500. The molecule has 0 radical (unpaired) electrons. The maximum atomic E-state index is 12.8. The van der Waals surface area contributed by atoms with E-state index in [0.29, 0.717) is 24.1 Å². The third-order valence-electron chi connectivity index (χ3n) is 13.2. The third kappa shape index (κ3) is 54.3. The van der Waals surface area contributed by atoms with E-state index in [-0.39, 0.29) is 25.8 Å². The molecule has 0 saturated carbocycles. The van der Waals surface area contributed by atoms with E-state index in [4.69, 9.17) is 18.5 Å². The van der Waals surface area contributed by atoms with Crippen molar-refractivity contribution in [2.45, 2.75) is 302 Å². The maximum Gasteiger partial charge on any atom is 0.472 e. The highest BCUT2D eigenvalue weighted by Crippen LogP contribution is 2.43. The predicted octanol–water partition coefficient (Wildman–Crippen LogP) is 18.0. The monoisotopic (exact) mass is 945 g/mol. The molecule has 0 bridgehead atoms. The van der Waals surface area contributed by atoms with Gasteiger partial charge in [0.25, 0.3) is 0 Å². The molecule has 8 nitrogen and oxygen atoms in total. The highest BCUT2D eigenvalue weighted by Gasteiger charge is 2.26. The predicted molar refractivity (Wildman–Crippen MR) is 280 cm³/mol. The molecule has 0 aromatic carbocycles. The van der Waals surface area contributed by atoms with Crippen LogP contribution in [0.15, 0.2) is 0 Å². The van der Waals surface area contributed by atoms with Gasteiger partial charge in [0.05, 0.1) is 34.4 Å². The van der Waals surface area contributed by atoms with Crippen LogP contribution in [-0.2, 0) is 27.9 Å². The Balaban J connectivity index is 3.91. The van der Waals surface area contributed by atoms with E-state index in [2.05, 4.69) is 13.8 Å². The Morgan fingerprint density at radius 1 is 0.415 bits per heavy atom. The summed E-state index contributed by atoms with van der Waals surface area (Å²) in [5.41, 5.74) is 0. The number of carbonyl (C=O) groups excluding carboxylic acids is 1. The van der Waals surface area contributed by atoms with Crippen molar-refractivity contribution in [1.29, 1.82) is 0 Å². The smallest absolute Gasteiger partial charge is 0.457 e. The molecule has 0 spiro atoms. The van der Waals surface area contributed by atoms with Crippen LogP contribution in [0.3, 0.4) is 0 Å². The lowest BCUT2D eigenvalue weighted by atomic mass is 10.0. The summed E-state index contributed by atoms with van der Waals surface area (Å²) in [6.45, 7) is 5.71. The van der Waals surface area contributed by atoms with E-state index >= 15 is 0 Å². The molecule has 1 N–H and O–H groups in total. The number of phosphoric ester groups is 1. The molecule has 0 amide bonds. The number of nitrogens with zero attached hydrogens (tertiary/aromatic N) is 1. The molecule has 0 aromatic heterocycles. The van der Waals surface area contributed by atoms with Crippen molar-refractivity contribution >= 4 is 13.8 Å². The Morgan fingerprint density at radius 2 is 0.708 bits per heavy atom. The van der Waals surface area contributed by atoms with Gasteiger partial charge < -0.3 is 18.9 Å². The zero-order valence-corrected chi connectivity index (χ0v) is 45.4. The summed E-state index contributed by atoms with van der Waals surface area (Å²) in [5, 5.41) is 0. The lowest BCUT2D eigenvalue weighted by Gasteiger charge is -2.24. The summed E-state index contributed by atoms with van der Waals surface area (Å²) in [7, 11) is 1.69. The highest BCUT2D eigenvalue weighted by molar-refractivity contribution is 7.47. The molecule has 0 fully saturated rings. The molecule has 2 atom stereocenters. The maximum absolute atomic E-state index is 12.8. The Morgan fingerprint density at radius 3 is 1.02 bits per heavy atom. The van der Waals surface area contributed by atoms with Gasteiger partial charge in [-0.15, -0.1) is 0 Å². The molecule has 0 rings (SSSR count). The van der Waals surface area contributed by atoms with Gasteiger partial charge in [-0.3, -0.25) is 13.8 Å². The minimum atomic E-state index is -4.27. The van der Waals surface area contributed by atoms with Crippen molar-refractivity contribution in [2.75, 3.05) is 54.1 Å². The van der Waals surface area contributed by atoms with Crippen LogP contribution in [0.25, 0.3) is 0 Å². The van der Waals surface area contributed by atoms with E-state index in [1.54, 1.807) is 0 Å². The molecule has 390 valence electrons. The average molecular weight is 946 g/mol. The van der Waals surface area contributed by atoms with E-state index in [1.165, 1.54) is 244 Å². The molecule has 9 heteroatoms. The molecule has 0 aromatic rings. The number of carbonyl (C=O) groups is 1. The number of phosphoric acid groups is 1. The van der Waals surface area contributed by atoms with Crippen LogP contribution in [0.5, 0.6) is 0 Å². The molecule has 0 aliphatic heterocycles. The van der Waals surface area contributed by atoms with Crippen molar-refractivity contribution in [3.63, 3.8) is 0 Å². The SMILES string of the molecule is CCCCCCCCCCCCCCCCCCCCCCCCCCCCCCCC(=O)O[C@H](COCCCCCCCCCCCCCCCC)COP(=O)(O)OCC[N+](C)(C)C. The first-order chi connectivity index (χ1) is 31.6. The minimum Gasteiger partial charge on any atom is -0.457 e. The fraction of sp³-hybridized carbons (Fsp3) is 0.982. The van der Waals surface area contributed by atoms with Crippen LogP contribution in [-0.4, -0.2) is 75.6 Å². The fourth-order valence-electron chi connectivity index (χ4n) is 8.73. The first kappa shape index (κ1) is 64.5. The van der Waals surface area contributed by atoms with Crippen molar-refractivity contribution in [3.05, 3.63) is 0 Å². The second-order valence-electron chi connectivity index (χ2n) is 21.0. The summed E-state index contributed by atoms with van der Waals surface area (Å²) >= 11 is 0. The Kier molecular flexibility index (Phi) is 49.5. The zero-order valence-electron chi connectivity index (χ0n) is 44.5. The Bertz CT molecular complexity index is 1010. The summed E-state index contributed by atoms with van der Waals surface area (Å²) in [6.07, 6.45) is 57.5. The number of likely N-dealkylation sites (N-methyl/N-ethyl adjacent to an activating group) is 1. The summed E-state index contributed by atoms with van der Waals surface area (Å²) < 4.78 is 35.2. The summed E-state index contributed by atoms with van der Waals surface area (Å²) in [5.74, 6) is -0.303. The quantitative estimate of drug-likeness (QED) is 0.0281. The fourth-order valence-corrected chi connectivity index (χ4v) is 9.48. The van der Waals surface area contributed by atoms with E-state index in [1.807, 2.05) is 21.1 Å². The van der Waals surface area contributed by atoms with Gasteiger partial charge in [0.2, 0.25) is 0 Å². The minimum absolute atomic E-state index is 0.0943. The molecular weight excluding hydrogens is 830 g/mol. The second-order valence-corrected chi connectivity index (χ2v) is 22.5. The van der Waals surface area contributed by atoms with Crippen LogP contribution in [0.2, 0.25) is 0 Å². The molecule has 65 heavy (non-hydrogen) atoms. The lowest BCUT2D eigenvalue weighted by Crippen LogP contribution is -2.37. The lowest BCUT2D eigenvalue weighted by molar-refractivity contribution is -0.870. The summed E-state index contributed by atoms with van der Waals surface area (Å²) in [6, 6.07) is 0.